The summed E-state index contributed by atoms with van der Waals surface area (Å²) < 4.78 is 0. The molecule has 0 amide bonds. The highest BCUT2D eigenvalue weighted by atomic mass is 35.5. The Balaban J connectivity index is 1.59. The maximum Gasteiger partial charge on any atom is 0.0757 e. The van der Waals surface area contributed by atoms with Gasteiger partial charge in [-0.1, -0.05) is 41.9 Å². The van der Waals surface area contributed by atoms with Crippen molar-refractivity contribution in [1.82, 2.24) is 10.4 Å². The number of rotatable bonds is 6. The first kappa shape index (κ1) is 18.5. The highest BCUT2D eigenvalue weighted by Gasteiger charge is 2.26. The second kappa shape index (κ2) is 8.46. The first-order chi connectivity index (χ1) is 13.7. The van der Waals surface area contributed by atoms with Crippen LogP contribution in [-0.4, -0.2) is 24.6 Å². The van der Waals surface area contributed by atoms with Gasteiger partial charge in [-0.05, 0) is 54.0 Å². The normalized spacial score (nSPS) is 16.1. The van der Waals surface area contributed by atoms with E-state index in [1.807, 2.05) is 47.7 Å². The Bertz CT molecular complexity index is 943. The van der Waals surface area contributed by atoms with Crippen molar-refractivity contribution in [3.8, 4) is 0 Å². The third-order valence-corrected chi connectivity index (χ3v) is 5.27. The highest BCUT2D eigenvalue weighted by Crippen LogP contribution is 2.29. The van der Waals surface area contributed by atoms with Gasteiger partial charge in [-0.2, -0.15) is 0 Å². The minimum atomic E-state index is 0.185. The second-order valence-corrected chi connectivity index (χ2v) is 7.37. The molecule has 0 fully saturated rings. The summed E-state index contributed by atoms with van der Waals surface area (Å²) in [6.07, 6.45) is 6.75. The molecule has 0 aliphatic carbocycles. The molecule has 2 aromatic carbocycles. The van der Waals surface area contributed by atoms with Crippen molar-refractivity contribution in [3.63, 3.8) is 0 Å². The largest absolute Gasteiger partial charge is 0.370 e. The molecule has 0 saturated carbocycles. The van der Waals surface area contributed by atoms with Crippen LogP contribution in [0.3, 0.4) is 0 Å². The molecule has 28 heavy (non-hydrogen) atoms. The number of para-hydroxylation sites is 2. The molecule has 0 bridgehead atoms. The summed E-state index contributed by atoms with van der Waals surface area (Å²) in [7, 11) is 2.12. The number of nitrogens with zero attached hydrogens (tertiary/aromatic N) is 3. The highest BCUT2D eigenvalue weighted by molar-refractivity contribution is 6.33. The van der Waals surface area contributed by atoms with E-state index in [0.29, 0.717) is 0 Å². The summed E-state index contributed by atoms with van der Waals surface area (Å²) in [4.78, 5) is 6.40. The van der Waals surface area contributed by atoms with Gasteiger partial charge in [-0.25, -0.2) is 5.43 Å². The summed E-state index contributed by atoms with van der Waals surface area (Å²) >= 11 is 6.43. The molecule has 1 unspecified atom stereocenters. The van der Waals surface area contributed by atoms with Crippen molar-refractivity contribution in [3.05, 3.63) is 101 Å². The Morgan fingerprint density at radius 2 is 1.71 bits per heavy atom. The molecule has 3 aromatic rings. The molecule has 4 nitrogen and oxygen atoms in total. The molecule has 0 radical (unpaired) electrons. The molecule has 1 aliphatic rings. The molecule has 1 aliphatic heterocycles. The third-order valence-electron chi connectivity index (χ3n) is 4.96. The number of aromatic nitrogens is 1. The van der Waals surface area contributed by atoms with Crippen molar-refractivity contribution in [2.24, 2.45) is 0 Å². The first-order valence-corrected chi connectivity index (χ1v) is 9.74. The molecular formula is C23H23ClN4. The Kier molecular flexibility index (Phi) is 5.60. The lowest BCUT2D eigenvalue weighted by atomic mass is 10.0. The molecule has 0 saturated heterocycles. The van der Waals surface area contributed by atoms with Gasteiger partial charge >= 0.3 is 0 Å². The predicted molar refractivity (Wildman–Crippen MR) is 117 cm³/mol. The van der Waals surface area contributed by atoms with E-state index in [2.05, 4.69) is 65.0 Å². The van der Waals surface area contributed by atoms with Crippen LogP contribution in [-0.2, 0) is 6.42 Å². The van der Waals surface area contributed by atoms with Gasteiger partial charge in [-0.3, -0.25) is 9.99 Å². The van der Waals surface area contributed by atoms with Crippen molar-refractivity contribution < 1.29 is 0 Å². The van der Waals surface area contributed by atoms with Crippen LogP contribution in [0.2, 0.25) is 5.02 Å². The fraction of sp³-hybridized carbons (Fsp3) is 0.174. The summed E-state index contributed by atoms with van der Waals surface area (Å²) in [5.41, 5.74) is 8.33. The summed E-state index contributed by atoms with van der Waals surface area (Å²) in [6.45, 7) is 0.827. The zero-order valence-electron chi connectivity index (χ0n) is 15.8. The summed E-state index contributed by atoms with van der Waals surface area (Å²) in [5.74, 6) is 0. The Labute approximate surface area is 171 Å². The van der Waals surface area contributed by atoms with E-state index in [1.54, 1.807) is 0 Å². The van der Waals surface area contributed by atoms with Gasteiger partial charge in [0.1, 0.15) is 0 Å². The van der Waals surface area contributed by atoms with Crippen LogP contribution < -0.4 is 15.3 Å². The van der Waals surface area contributed by atoms with Gasteiger partial charge in [0, 0.05) is 37.9 Å². The second-order valence-electron chi connectivity index (χ2n) is 6.96. The zero-order chi connectivity index (χ0) is 19.3. The number of benzene rings is 2. The number of likely N-dealkylation sites (N-methyl/N-ethyl adjacent to an activating group) is 1. The van der Waals surface area contributed by atoms with Crippen molar-refractivity contribution in [2.45, 2.75) is 12.5 Å². The number of hydrogen-bond donors (Lipinski definition) is 1. The quantitative estimate of drug-likeness (QED) is 0.661. The third kappa shape index (κ3) is 4.19. The van der Waals surface area contributed by atoms with Crippen LogP contribution >= 0.6 is 11.6 Å². The van der Waals surface area contributed by atoms with E-state index in [-0.39, 0.29) is 6.04 Å². The monoisotopic (exact) mass is 390 g/mol. The fourth-order valence-electron chi connectivity index (χ4n) is 3.46. The van der Waals surface area contributed by atoms with Gasteiger partial charge in [0.05, 0.1) is 16.8 Å². The van der Waals surface area contributed by atoms with E-state index in [9.17, 15) is 0 Å². The van der Waals surface area contributed by atoms with Crippen LogP contribution in [0.4, 0.5) is 11.4 Å². The zero-order valence-corrected chi connectivity index (χ0v) is 16.6. The summed E-state index contributed by atoms with van der Waals surface area (Å²) in [6, 6.07) is 22.7. The Morgan fingerprint density at radius 1 is 1.00 bits per heavy atom. The number of hydrogen-bond acceptors (Lipinski definition) is 4. The molecule has 4 rings (SSSR count). The molecule has 1 atom stereocenters. The predicted octanol–water partition coefficient (Wildman–Crippen LogP) is 4.69. The van der Waals surface area contributed by atoms with E-state index in [0.717, 1.165) is 23.7 Å². The number of nitrogens with one attached hydrogen (secondary N) is 1. The Hall–Kier alpha value is -2.82. The van der Waals surface area contributed by atoms with Crippen LogP contribution in [0.1, 0.15) is 5.56 Å². The lowest BCUT2D eigenvalue weighted by Crippen LogP contribution is -2.39. The van der Waals surface area contributed by atoms with E-state index >= 15 is 0 Å². The topological polar surface area (TPSA) is 31.4 Å². The van der Waals surface area contributed by atoms with Gasteiger partial charge in [0.15, 0.2) is 0 Å². The van der Waals surface area contributed by atoms with Crippen LogP contribution in [0, 0.1) is 0 Å². The molecule has 1 aromatic heterocycles. The van der Waals surface area contributed by atoms with E-state index < -0.39 is 0 Å². The molecule has 142 valence electrons. The van der Waals surface area contributed by atoms with E-state index in [4.69, 9.17) is 11.6 Å². The van der Waals surface area contributed by atoms with Gasteiger partial charge in [-0.15, -0.1) is 0 Å². The standard InChI is InChI=1S/C23H23ClN4/c1-27(20-7-3-2-4-8-20)16-19-17-28(23-10-6-5-9-21(23)24)26-22(19)15-18-11-13-25-14-12-18/h2-14,17,22,26H,15-16H2,1H3. The first-order valence-electron chi connectivity index (χ1n) is 9.36. The number of pyridine rings is 1. The number of halogens is 1. The fourth-order valence-corrected chi connectivity index (χ4v) is 3.69. The molecule has 0 spiro atoms. The molecule has 5 heteroatoms. The SMILES string of the molecule is CN(CC1=CN(c2ccccc2Cl)NC1Cc1ccncc1)c1ccccc1. The molecule has 2 heterocycles. The minimum Gasteiger partial charge on any atom is -0.370 e. The van der Waals surface area contributed by atoms with Crippen molar-refractivity contribution >= 4 is 23.0 Å². The van der Waals surface area contributed by atoms with Crippen molar-refractivity contribution in [2.75, 3.05) is 23.5 Å². The average molecular weight is 391 g/mol. The minimum absolute atomic E-state index is 0.185. The maximum atomic E-state index is 6.43. The van der Waals surface area contributed by atoms with Gasteiger partial charge in [0.2, 0.25) is 0 Å². The average Bonchev–Trinajstić information content (AvgIpc) is 3.11. The number of anilines is 2. The smallest absolute Gasteiger partial charge is 0.0757 e. The van der Waals surface area contributed by atoms with Gasteiger partial charge in [0.25, 0.3) is 0 Å². The number of hydrazine groups is 1. The molecule has 1 N–H and O–H groups in total. The Morgan fingerprint density at radius 3 is 2.46 bits per heavy atom. The maximum absolute atomic E-state index is 6.43. The van der Waals surface area contributed by atoms with E-state index in [1.165, 1.54) is 16.8 Å². The van der Waals surface area contributed by atoms with Crippen LogP contribution in [0.5, 0.6) is 0 Å². The van der Waals surface area contributed by atoms with Crippen molar-refractivity contribution in [1.29, 1.82) is 0 Å². The lowest BCUT2D eigenvalue weighted by molar-refractivity contribution is 0.606. The van der Waals surface area contributed by atoms with Crippen LogP contribution in [0.25, 0.3) is 0 Å². The lowest BCUT2D eigenvalue weighted by Gasteiger charge is -2.24. The summed E-state index contributed by atoms with van der Waals surface area (Å²) in [5, 5.41) is 2.77. The molecular weight excluding hydrogens is 368 g/mol. The van der Waals surface area contributed by atoms with Gasteiger partial charge < -0.3 is 4.90 Å². The van der Waals surface area contributed by atoms with Crippen LogP contribution in [0.15, 0.2) is 90.9 Å².